The Hall–Kier alpha value is -3.26. The molecule has 41 heavy (non-hydrogen) atoms. The molecule has 8 heteroatoms. The third-order valence-corrected chi connectivity index (χ3v) is 9.17. The maximum absolute atomic E-state index is 14.1. The van der Waals surface area contributed by atoms with Gasteiger partial charge < -0.3 is 9.80 Å². The first-order chi connectivity index (χ1) is 19.9. The van der Waals surface area contributed by atoms with Gasteiger partial charge in [-0.2, -0.15) is 0 Å². The van der Waals surface area contributed by atoms with Crippen LogP contribution in [0.1, 0.15) is 43.0 Å². The molecule has 3 aromatic rings. The van der Waals surface area contributed by atoms with Crippen molar-refractivity contribution in [2.75, 3.05) is 31.1 Å². The summed E-state index contributed by atoms with van der Waals surface area (Å²) in [5, 5.41) is 0.736. The third-order valence-electron chi connectivity index (χ3n) is 8.92. The number of hydrogen-bond donors (Lipinski definition) is 0. The van der Waals surface area contributed by atoms with E-state index in [0.29, 0.717) is 25.7 Å². The predicted molar refractivity (Wildman–Crippen MR) is 161 cm³/mol. The Morgan fingerprint density at radius 1 is 0.878 bits per heavy atom. The maximum Gasteiger partial charge on any atom is 0.228 e. The molecule has 214 valence electrons. The molecular formula is C33H38ClN5O2. The molecule has 0 N–H and O–H groups in total. The lowest BCUT2D eigenvalue weighted by atomic mass is 9.96. The fourth-order valence-corrected chi connectivity index (χ4v) is 6.87. The van der Waals surface area contributed by atoms with Gasteiger partial charge in [0.05, 0.1) is 11.6 Å². The summed E-state index contributed by atoms with van der Waals surface area (Å²) in [7, 11) is 0. The van der Waals surface area contributed by atoms with Crippen molar-refractivity contribution in [2.45, 2.75) is 57.9 Å². The molecule has 2 aromatic carbocycles. The largest absolute Gasteiger partial charge is 0.336 e. The summed E-state index contributed by atoms with van der Waals surface area (Å²) in [6.07, 6.45) is 4.84. The van der Waals surface area contributed by atoms with Crippen LogP contribution in [-0.4, -0.2) is 69.8 Å². The van der Waals surface area contributed by atoms with Gasteiger partial charge in [0.2, 0.25) is 11.8 Å². The van der Waals surface area contributed by atoms with Crippen LogP contribution in [0, 0.1) is 5.92 Å². The van der Waals surface area contributed by atoms with Gasteiger partial charge >= 0.3 is 0 Å². The minimum Gasteiger partial charge on any atom is -0.336 e. The van der Waals surface area contributed by atoms with Crippen LogP contribution in [0.4, 0.5) is 5.69 Å². The van der Waals surface area contributed by atoms with E-state index in [9.17, 15) is 9.59 Å². The van der Waals surface area contributed by atoms with E-state index in [1.165, 1.54) is 5.56 Å². The van der Waals surface area contributed by atoms with E-state index >= 15 is 0 Å². The molecule has 0 spiro atoms. The standard InChI is InChI=1S/C33H38ClN5O2/c1-24(40)38-17-15-30-13-14-31(39(30)22-29-7-4-5-16-35-29)23-37(21-26-6-2-3-8-32(26)38)33(41)27-19-36(20-27)18-25-9-11-28(34)12-10-25/h2-12,16,27,30-31H,13-15,17-23H2,1H3/t30-,31+/m0/s1. The van der Waals surface area contributed by atoms with E-state index in [-0.39, 0.29) is 23.8 Å². The molecule has 2 fully saturated rings. The van der Waals surface area contributed by atoms with Gasteiger partial charge in [0.15, 0.2) is 0 Å². The Kier molecular flexibility index (Phi) is 8.37. The Labute approximate surface area is 247 Å². The third kappa shape index (κ3) is 6.32. The second-order valence-electron chi connectivity index (χ2n) is 11.7. The van der Waals surface area contributed by atoms with E-state index in [1.54, 1.807) is 6.92 Å². The van der Waals surface area contributed by atoms with Crippen molar-refractivity contribution in [2.24, 2.45) is 5.92 Å². The first-order valence-electron chi connectivity index (χ1n) is 14.7. The van der Waals surface area contributed by atoms with Gasteiger partial charge in [0.1, 0.15) is 0 Å². The minimum absolute atomic E-state index is 0.0232. The van der Waals surface area contributed by atoms with Crippen LogP contribution in [0.3, 0.4) is 0 Å². The van der Waals surface area contributed by atoms with E-state index < -0.39 is 0 Å². The number of rotatable bonds is 5. The molecule has 7 nitrogen and oxygen atoms in total. The number of pyridine rings is 1. The number of carbonyl (C=O) groups excluding carboxylic acids is 2. The molecule has 3 aliphatic rings. The van der Waals surface area contributed by atoms with Gasteiger partial charge in [-0.25, -0.2) is 0 Å². The van der Waals surface area contributed by atoms with E-state index in [4.69, 9.17) is 11.6 Å². The molecule has 0 saturated carbocycles. The number of amides is 2. The van der Waals surface area contributed by atoms with Gasteiger partial charge in [-0.3, -0.25) is 24.4 Å². The Bertz CT molecular complexity index is 1360. The zero-order valence-electron chi connectivity index (χ0n) is 23.7. The van der Waals surface area contributed by atoms with Gasteiger partial charge in [-0.15, -0.1) is 0 Å². The van der Waals surface area contributed by atoms with Crippen molar-refractivity contribution in [3.63, 3.8) is 0 Å². The number of aromatic nitrogens is 1. The maximum atomic E-state index is 14.1. The Morgan fingerprint density at radius 2 is 1.63 bits per heavy atom. The number of anilines is 1. The number of benzene rings is 2. The molecule has 2 saturated heterocycles. The molecule has 2 bridgehead atoms. The fraction of sp³-hybridized carbons (Fsp3) is 0.424. The number of likely N-dealkylation sites (tertiary alicyclic amines) is 1. The summed E-state index contributed by atoms with van der Waals surface area (Å²) in [4.78, 5) is 40.5. The molecular weight excluding hydrogens is 534 g/mol. The van der Waals surface area contributed by atoms with Crippen molar-refractivity contribution < 1.29 is 9.59 Å². The number of para-hydroxylation sites is 1. The van der Waals surface area contributed by atoms with E-state index in [0.717, 1.165) is 67.4 Å². The Morgan fingerprint density at radius 3 is 2.39 bits per heavy atom. The molecule has 3 aliphatic heterocycles. The van der Waals surface area contributed by atoms with Gasteiger partial charge in [0.25, 0.3) is 0 Å². The van der Waals surface area contributed by atoms with Crippen molar-refractivity contribution in [1.29, 1.82) is 0 Å². The molecule has 0 aliphatic carbocycles. The summed E-state index contributed by atoms with van der Waals surface area (Å²) < 4.78 is 0. The predicted octanol–water partition coefficient (Wildman–Crippen LogP) is 4.99. The lowest BCUT2D eigenvalue weighted by molar-refractivity contribution is -0.143. The van der Waals surface area contributed by atoms with Crippen molar-refractivity contribution >= 4 is 29.1 Å². The summed E-state index contributed by atoms with van der Waals surface area (Å²) in [6, 6.07) is 22.7. The van der Waals surface area contributed by atoms with Gasteiger partial charge in [-0.05, 0) is 60.7 Å². The normalized spacial score (nSPS) is 22.1. The first kappa shape index (κ1) is 27.9. The molecule has 0 unspecified atom stereocenters. The first-order valence-corrected chi connectivity index (χ1v) is 15.1. The summed E-state index contributed by atoms with van der Waals surface area (Å²) in [5.41, 5.74) is 4.20. The van der Waals surface area contributed by atoms with Crippen LogP contribution in [-0.2, 0) is 29.2 Å². The van der Waals surface area contributed by atoms with Crippen molar-refractivity contribution in [3.8, 4) is 0 Å². The van der Waals surface area contributed by atoms with Crippen molar-refractivity contribution in [1.82, 2.24) is 19.7 Å². The number of halogens is 1. The van der Waals surface area contributed by atoms with Crippen LogP contribution in [0.2, 0.25) is 5.02 Å². The summed E-state index contributed by atoms with van der Waals surface area (Å²) in [5.74, 6) is 0.226. The summed E-state index contributed by atoms with van der Waals surface area (Å²) in [6.45, 7) is 6.58. The number of nitrogens with zero attached hydrogens (tertiary/aromatic N) is 5. The van der Waals surface area contributed by atoms with Gasteiger partial charge in [-0.1, -0.05) is 48.0 Å². The number of hydrogen-bond acceptors (Lipinski definition) is 5. The molecule has 0 radical (unpaired) electrons. The lowest BCUT2D eigenvalue weighted by Crippen LogP contribution is -2.55. The highest BCUT2D eigenvalue weighted by atomic mass is 35.5. The average Bonchev–Trinajstić information content (AvgIpc) is 3.31. The number of fused-ring (bicyclic) bond motifs is 3. The smallest absolute Gasteiger partial charge is 0.228 e. The second-order valence-corrected chi connectivity index (χ2v) is 12.1. The van der Waals surface area contributed by atoms with E-state index in [1.807, 2.05) is 53.6 Å². The minimum atomic E-state index is -0.0232. The number of carbonyl (C=O) groups is 2. The van der Waals surface area contributed by atoms with Crippen LogP contribution in [0.25, 0.3) is 0 Å². The SMILES string of the molecule is CC(=O)N1CC[C@@H]2CC[C@H](CN(C(=O)C3CN(Cc4ccc(Cl)cc4)C3)Cc3ccccc31)N2Cc1ccccn1. The van der Waals surface area contributed by atoms with Crippen LogP contribution < -0.4 is 4.90 Å². The molecule has 2 atom stereocenters. The second kappa shape index (κ2) is 12.3. The summed E-state index contributed by atoms with van der Waals surface area (Å²) >= 11 is 6.06. The van der Waals surface area contributed by atoms with Crippen molar-refractivity contribution in [3.05, 3.63) is 94.8 Å². The average molecular weight is 572 g/mol. The molecule has 1 aromatic heterocycles. The topological polar surface area (TPSA) is 60.0 Å². The fourth-order valence-electron chi connectivity index (χ4n) is 6.75. The van der Waals surface area contributed by atoms with Crippen LogP contribution in [0.15, 0.2) is 72.9 Å². The highest BCUT2D eigenvalue weighted by Gasteiger charge is 2.40. The zero-order valence-corrected chi connectivity index (χ0v) is 24.4. The molecule has 6 rings (SSSR count). The highest BCUT2D eigenvalue weighted by Crippen LogP contribution is 2.33. The quantitative estimate of drug-likeness (QED) is 0.432. The van der Waals surface area contributed by atoms with Crippen LogP contribution >= 0.6 is 11.6 Å². The zero-order chi connectivity index (χ0) is 28.3. The highest BCUT2D eigenvalue weighted by molar-refractivity contribution is 6.30. The van der Waals surface area contributed by atoms with Gasteiger partial charge in [0, 0.05) is 81.7 Å². The lowest BCUT2D eigenvalue weighted by Gasteiger charge is -2.42. The Balaban J connectivity index is 1.25. The van der Waals surface area contributed by atoms with Crippen LogP contribution in [0.5, 0.6) is 0 Å². The van der Waals surface area contributed by atoms with E-state index in [2.05, 4.69) is 43.9 Å². The molecule has 2 amide bonds. The molecule has 4 heterocycles. The monoisotopic (exact) mass is 571 g/mol.